The highest BCUT2D eigenvalue weighted by atomic mass is 16.5. The fourth-order valence-electron chi connectivity index (χ4n) is 11.7. The molecule has 4 aliphatic carbocycles. The van der Waals surface area contributed by atoms with Crippen molar-refractivity contribution >= 4 is 5.97 Å². The molecule has 11 atom stereocenters. The van der Waals surface area contributed by atoms with Gasteiger partial charge in [-0.1, -0.05) is 67.0 Å². The minimum absolute atomic E-state index is 0.0302. The van der Waals surface area contributed by atoms with Gasteiger partial charge >= 0.3 is 5.97 Å². The van der Waals surface area contributed by atoms with E-state index in [9.17, 15) is 9.90 Å². The Labute approximate surface area is 244 Å². The normalized spacial score (nSPS) is 49.4. The van der Waals surface area contributed by atoms with Crippen molar-refractivity contribution in [1.82, 2.24) is 0 Å². The quantitative estimate of drug-likeness (QED) is 0.334. The van der Waals surface area contributed by atoms with Crippen molar-refractivity contribution in [2.45, 2.75) is 119 Å². The standard InChI is InChI=1S/C35H59NO4/c1-21(2)23(4)31(7)15-16-33(9)24-11-12-26-32(8)19-39-20-35(26,17-22(3)28(32)40-18-30(5,6)36)25(24)13-14-34(33,10)27(31)29(37)38/h13,21-24,26-28H,11-12,14-20,36H2,1-10H3,(H,37,38)/t22-,23-,24+,26+,27-,28+,31-,32-,33-,34+,35+/m1/s1. The van der Waals surface area contributed by atoms with E-state index in [1.807, 2.05) is 13.8 Å². The summed E-state index contributed by atoms with van der Waals surface area (Å²) in [7, 11) is 0. The monoisotopic (exact) mass is 557 g/mol. The largest absolute Gasteiger partial charge is 0.481 e. The van der Waals surface area contributed by atoms with E-state index in [2.05, 4.69) is 61.5 Å². The maximum atomic E-state index is 13.2. The molecule has 1 aliphatic heterocycles. The van der Waals surface area contributed by atoms with Gasteiger partial charge in [0.15, 0.2) is 0 Å². The van der Waals surface area contributed by atoms with Crippen molar-refractivity contribution in [2.24, 2.45) is 68.3 Å². The number of ether oxygens (including phenoxy) is 2. The van der Waals surface area contributed by atoms with E-state index in [1.165, 1.54) is 6.42 Å². The van der Waals surface area contributed by atoms with Gasteiger partial charge in [-0.05, 0) is 98.2 Å². The van der Waals surface area contributed by atoms with Crippen molar-refractivity contribution in [3.8, 4) is 0 Å². The van der Waals surface area contributed by atoms with Gasteiger partial charge < -0.3 is 20.3 Å². The zero-order valence-corrected chi connectivity index (χ0v) is 27.2. The first-order valence-corrected chi connectivity index (χ1v) is 16.3. The van der Waals surface area contributed by atoms with Gasteiger partial charge in [-0.3, -0.25) is 4.79 Å². The zero-order chi connectivity index (χ0) is 29.7. The molecular weight excluding hydrogens is 498 g/mol. The third kappa shape index (κ3) is 4.06. The van der Waals surface area contributed by atoms with Gasteiger partial charge in [0.2, 0.25) is 0 Å². The fraction of sp³-hybridized carbons (Fsp3) is 0.914. The second kappa shape index (κ2) is 9.55. The summed E-state index contributed by atoms with van der Waals surface area (Å²) in [5.74, 6) is 1.25. The topological polar surface area (TPSA) is 81.8 Å². The first kappa shape index (κ1) is 30.5. The second-order valence-electron chi connectivity index (χ2n) is 17.2. The van der Waals surface area contributed by atoms with E-state index in [1.54, 1.807) is 5.57 Å². The molecule has 0 aromatic carbocycles. The van der Waals surface area contributed by atoms with Crippen LogP contribution in [0.5, 0.6) is 0 Å². The molecule has 1 saturated heterocycles. The van der Waals surface area contributed by atoms with Crippen LogP contribution in [0, 0.1) is 62.6 Å². The van der Waals surface area contributed by atoms with Crippen LogP contribution in [0.25, 0.3) is 0 Å². The number of nitrogens with two attached hydrogens (primary N) is 1. The Bertz CT molecular complexity index is 1050. The van der Waals surface area contributed by atoms with E-state index in [4.69, 9.17) is 15.2 Å². The number of carboxylic acid groups (broad SMARTS) is 1. The van der Waals surface area contributed by atoms with Crippen molar-refractivity contribution in [1.29, 1.82) is 0 Å². The van der Waals surface area contributed by atoms with E-state index < -0.39 is 5.97 Å². The minimum atomic E-state index is -0.588. The van der Waals surface area contributed by atoms with Gasteiger partial charge in [-0.15, -0.1) is 0 Å². The predicted octanol–water partition coefficient (Wildman–Crippen LogP) is 7.33. The Balaban J connectivity index is 1.55. The molecule has 5 heteroatoms. The number of rotatable bonds is 6. The SMILES string of the molecule is CC(C)[C@@H](C)[C@@]1(C)CC[C@]2(C)[C@H]3CC[C@@H]4[C@@]5(COC[C@@]4(C)[C@@H](OCC(C)(C)N)[C@H](C)C5)C3=CC[C@@]2(C)[C@@H]1C(=O)O. The van der Waals surface area contributed by atoms with E-state index in [0.717, 1.165) is 45.3 Å². The Morgan fingerprint density at radius 2 is 1.80 bits per heavy atom. The molecule has 0 aromatic heterocycles. The van der Waals surface area contributed by atoms with Crippen molar-refractivity contribution in [3.63, 3.8) is 0 Å². The third-order valence-electron chi connectivity index (χ3n) is 14.0. The first-order valence-electron chi connectivity index (χ1n) is 16.3. The molecule has 3 N–H and O–H groups in total. The molecule has 0 spiro atoms. The van der Waals surface area contributed by atoms with Crippen molar-refractivity contribution in [3.05, 3.63) is 11.6 Å². The molecule has 0 unspecified atom stereocenters. The Kier molecular flexibility index (Phi) is 7.29. The smallest absolute Gasteiger partial charge is 0.307 e. The number of carbonyl (C=O) groups is 1. The van der Waals surface area contributed by atoms with Crippen LogP contribution in [-0.2, 0) is 14.3 Å². The maximum absolute atomic E-state index is 13.2. The van der Waals surface area contributed by atoms with Crippen LogP contribution in [0.1, 0.15) is 108 Å². The summed E-state index contributed by atoms with van der Waals surface area (Å²) in [5.41, 5.74) is 7.08. The Morgan fingerprint density at radius 3 is 2.40 bits per heavy atom. The molecule has 5 aliphatic rings. The fourth-order valence-corrected chi connectivity index (χ4v) is 11.7. The summed E-state index contributed by atoms with van der Waals surface area (Å²) in [6.45, 7) is 24.9. The summed E-state index contributed by atoms with van der Waals surface area (Å²) in [5, 5.41) is 10.9. The Morgan fingerprint density at radius 1 is 1.12 bits per heavy atom. The maximum Gasteiger partial charge on any atom is 0.307 e. The highest BCUT2D eigenvalue weighted by Gasteiger charge is 2.71. The number of allylic oxidation sites excluding steroid dienone is 1. The van der Waals surface area contributed by atoms with Crippen LogP contribution in [0.2, 0.25) is 0 Å². The number of fused-ring (bicyclic) bond motifs is 3. The number of aliphatic carboxylic acids is 1. The summed E-state index contributed by atoms with van der Waals surface area (Å²) in [6, 6.07) is 0. The minimum Gasteiger partial charge on any atom is -0.481 e. The second-order valence-corrected chi connectivity index (χ2v) is 17.2. The highest BCUT2D eigenvalue weighted by molar-refractivity contribution is 5.73. The molecule has 3 saturated carbocycles. The average Bonchev–Trinajstić information content (AvgIpc) is 2.82. The van der Waals surface area contributed by atoms with Crippen molar-refractivity contribution < 1.29 is 19.4 Å². The lowest BCUT2D eigenvalue weighted by molar-refractivity contribution is -0.252. The molecule has 1 heterocycles. The predicted molar refractivity (Wildman–Crippen MR) is 161 cm³/mol. The molecule has 4 fully saturated rings. The third-order valence-corrected chi connectivity index (χ3v) is 14.0. The summed E-state index contributed by atoms with van der Waals surface area (Å²) in [4.78, 5) is 13.2. The molecular formula is C35H59NO4. The zero-order valence-electron chi connectivity index (χ0n) is 27.2. The van der Waals surface area contributed by atoms with E-state index in [0.29, 0.717) is 36.2 Å². The van der Waals surface area contributed by atoms with Crippen LogP contribution < -0.4 is 5.73 Å². The first-order chi connectivity index (χ1) is 18.4. The molecule has 228 valence electrons. The summed E-state index contributed by atoms with van der Waals surface area (Å²) in [6.07, 6.45) is 9.04. The van der Waals surface area contributed by atoms with Gasteiger partial charge in [0.05, 0.1) is 31.8 Å². The molecule has 0 aromatic rings. The molecule has 5 rings (SSSR count). The lowest BCUT2D eigenvalue weighted by Crippen LogP contribution is -2.69. The van der Waals surface area contributed by atoms with E-state index >= 15 is 0 Å². The summed E-state index contributed by atoms with van der Waals surface area (Å²) >= 11 is 0. The molecule has 0 radical (unpaired) electrons. The van der Waals surface area contributed by atoms with E-state index in [-0.39, 0.29) is 44.6 Å². The number of hydrogen-bond acceptors (Lipinski definition) is 4. The van der Waals surface area contributed by atoms with Gasteiger partial charge in [0.1, 0.15) is 0 Å². The van der Waals surface area contributed by atoms with Crippen LogP contribution in [0.3, 0.4) is 0 Å². The van der Waals surface area contributed by atoms with Gasteiger partial charge in [0, 0.05) is 16.4 Å². The van der Waals surface area contributed by atoms with Crippen LogP contribution >= 0.6 is 0 Å². The highest BCUT2D eigenvalue weighted by Crippen LogP contribution is 2.75. The lowest BCUT2D eigenvalue weighted by Gasteiger charge is -2.71. The lowest BCUT2D eigenvalue weighted by atomic mass is 9.34. The van der Waals surface area contributed by atoms with Crippen LogP contribution in [0.4, 0.5) is 0 Å². The molecule has 2 bridgehead atoms. The molecule has 40 heavy (non-hydrogen) atoms. The average molecular weight is 558 g/mol. The van der Waals surface area contributed by atoms with Crippen LogP contribution in [0.15, 0.2) is 11.6 Å². The molecule has 5 nitrogen and oxygen atoms in total. The molecule has 0 amide bonds. The van der Waals surface area contributed by atoms with Crippen molar-refractivity contribution in [2.75, 3.05) is 19.8 Å². The Hall–Kier alpha value is -0.910. The van der Waals surface area contributed by atoms with Gasteiger partial charge in [-0.2, -0.15) is 0 Å². The van der Waals surface area contributed by atoms with Crippen LogP contribution in [-0.4, -0.2) is 42.5 Å². The number of carboxylic acids is 1. The van der Waals surface area contributed by atoms with Gasteiger partial charge in [-0.25, -0.2) is 0 Å². The summed E-state index contributed by atoms with van der Waals surface area (Å²) < 4.78 is 13.2. The number of hydrogen-bond donors (Lipinski definition) is 2. The van der Waals surface area contributed by atoms with Gasteiger partial charge in [0.25, 0.3) is 0 Å².